The van der Waals surface area contributed by atoms with Crippen molar-refractivity contribution in [1.29, 1.82) is 0 Å². The molecule has 0 saturated carbocycles. The number of nitrogens with zero attached hydrogens (tertiary/aromatic N) is 5. The van der Waals surface area contributed by atoms with Crippen molar-refractivity contribution in [2.45, 2.75) is 26.8 Å². The molecule has 2 heterocycles. The van der Waals surface area contributed by atoms with E-state index in [2.05, 4.69) is 28.8 Å². The maximum absolute atomic E-state index is 13.0. The van der Waals surface area contributed by atoms with Crippen LogP contribution in [0.15, 0.2) is 55.0 Å². The zero-order valence-electron chi connectivity index (χ0n) is 19.5. The van der Waals surface area contributed by atoms with Crippen molar-refractivity contribution in [3.63, 3.8) is 0 Å². The lowest BCUT2D eigenvalue weighted by Gasteiger charge is -2.22. The number of benzene rings is 1. The Morgan fingerprint density at radius 3 is 2.50 bits per heavy atom. The summed E-state index contributed by atoms with van der Waals surface area (Å²) in [6.07, 6.45) is 6.29. The van der Waals surface area contributed by atoms with Gasteiger partial charge in [0.25, 0.3) is 0 Å². The van der Waals surface area contributed by atoms with Gasteiger partial charge in [-0.1, -0.05) is 26.0 Å². The standard InChI is InChI=1S/C25H33N5O2/c1-5-29(6-2)16-8-15-28(3)24(31)19-30-25(21-9-7-10-22(17-21)32-4)23(18-27-30)20-11-13-26-14-12-20/h7,9-14,17-18H,5-6,8,15-16,19H2,1-4H3. The molecule has 3 rings (SSSR count). The number of likely N-dealkylation sites (N-methyl/N-ethyl adjacent to an activating group) is 1. The minimum atomic E-state index is 0.0399. The van der Waals surface area contributed by atoms with Crippen molar-refractivity contribution in [1.82, 2.24) is 24.6 Å². The fourth-order valence-electron chi connectivity index (χ4n) is 3.77. The molecule has 7 nitrogen and oxygen atoms in total. The summed E-state index contributed by atoms with van der Waals surface area (Å²) in [5.41, 5.74) is 3.80. The highest BCUT2D eigenvalue weighted by Crippen LogP contribution is 2.33. The summed E-state index contributed by atoms with van der Waals surface area (Å²) in [6.45, 7) is 8.29. The number of methoxy groups -OCH3 is 1. The Bertz CT molecular complexity index is 999. The fourth-order valence-corrected chi connectivity index (χ4v) is 3.77. The Labute approximate surface area is 190 Å². The van der Waals surface area contributed by atoms with Gasteiger partial charge in [-0.05, 0) is 55.9 Å². The van der Waals surface area contributed by atoms with Gasteiger partial charge in [-0.2, -0.15) is 5.10 Å². The first kappa shape index (κ1) is 23.5. The average molecular weight is 436 g/mol. The van der Waals surface area contributed by atoms with Crippen molar-refractivity contribution in [3.8, 4) is 28.1 Å². The summed E-state index contributed by atoms with van der Waals surface area (Å²) in [6, 6.07) is 11.7. The van der Waals surface area contributed by atoms with Crippen molar-refractivity contribution in [3.05, 3.63) is 55.0 Å². The van der Waals surface area contributed by atoms with Crippen LogP contribution in [-0.2, 0) is 11.3 Å². The first-order valence-corrected chi connectivity index (χ1v) is 11.1. The van der Waals surface area contributed by atoms with E-state index in [1.54, 1.807) is 29.1 Å². The van der Waals surface area contributed by atoms with Crippen LogP contribution in [0.1, 0.15) is 20.3 Å². The molecule has 1 aromatic carbocycles. The molecule has 0 bridgehead atoms. The number of hydrogen-bond acceptors (Lipinski definition) is 5. The average Bonchev–Trinajstić information content (AvgIpc) is 3.25. The van der Waals surface area contributed by atoms with Crippen LogP contribution in [0.3, 0.4) is 0 Å². The lowest BCUT2D eigenvalue weighted by atomic mass is 10.0. The van der Waals surface area contributed by atoms with E-state index in [0.29, 0.717) is 0 Å². The molecule has 1 amide bonds. The van der Waals surface area contributed by atoms with Crippen LogP contribution in [0.25, 0.3) is 22.4 Å². The molecule has 170 valence electrons. The maximum atomic E-state index is 13.0. The fraction of sp³-hybridized carbons (Fsp3) is 0.400. The van der Waals surface area contributed by atoms with E-state index in [4.69, 9.17) is 4.74 Å². The number of ether oxygens (including phenoxy) is 1. The van der Waals surface area contributed by atoms with Gasteiger partial charge in [0.1, 0.15) is 12.3 Å². The minimum absolute atomic E-state index is 0.0399. The van der Waals surface area contributed by atoms with Crippen molar-refractivity contribution < 1.29 is 9.53 Å². The molecule has 3 aromatic rings. The van der Waals surface area contributed by atoms with E-state index in [-0.39, 0.29) is 12.5 Å². The third-order valence-electron chi connectivity index (χ3n) is 5.75. The van der Waals surface area contributed by atoms with Crippen LogP contribution in [0.5, 0.6) is 5.75 Å². The third kappa shape index (κ3) is 5.73. The molecular formula is C25H33N5O2. The van der Waals surface area contributed by atoms with Gasteiger partial charge in [0.05, 0.1) is 19.0 Å². The summed E-state index contributed by atoms with van der Waals surface area (Å²) in [7, 11) is 3.51. The summed E-state index contributed by atoms with van der Waals surface area (Å²) < 4.78 is 7.21. The predicted octanol–water partition coefficient (Wildman–Crippen LogP) is 3.81. The van der Waals surface area contributed by atoms with E-state index in [0.717, 1.165) is 60.7 Å². The summed E-state index contributed by atoms with van der Waals surface area (Å²) in [5.74, 6) is 0.800. The molecule has 0 saturated heterocycles. The van der Waals surface area contributed by atoms with E-state index in [1.807, 2.05) is 49.6 Å². The molecule has 0 N–H and O–H groups in total. The number of hydrogen-bond donors (Lipinski definition) is 0. The van der Waals surface area contributed by atoms with Crippen LogP contribution in [0.4, 0.5) is 0 Å². The number of carbonyl (C=O) groups excluding carboxylic acids is 1. The molecule has 0 spiro atoms. The molecule has 0 unspecified atom stereocenters. The first-order valence-electron chi connectivity index (χ1n) is 11.1. The molecule has 0 fully saturated rings. The van der Waals surface area contributed by atoms with E-state index in [1.165, 1.54) is 0 Å². The van der Waals surface area contributed by atoms with Gasteiger partial charge in [-0.25, -0.2) is 0 Å². The van der Waals surface area contributed by atoms with Crippen LogP contribution in [0.2, 0.25) is 0 Å². The smallest absolute Gasteiger partial charge is 0.244 e. The number of aromatic nitrogens is 3. The normalized spacial score (nSPS) is 11.0. The zero-order chi connectivity index (χ0) is 22.9. The number of pyridine rings is 1. The predicted molar refractivity (Wildman–Crippen MR) is 127 cm³/mol. The Hall–Kier alpha value is -3.19. The van der Waals surface area contributed by atoms with Crippen LogP contribution in [-0.4, -0.2) is 70.8 Å². The highest BCUT2D eigenvalue weighted by atomic mass is 16.5. The van der Waals surface area contributed by atoms with Gasteiger partial charge in [0.15, 0.2) is 0 Å². The lowest BCUT2D eigenvalue weighted by Crippen LogP contribution is -2.34. The van der Waals surface area contributed by atoms with Crippen LogP contribution >= 0.6 is 0 Å². The van der Waals surface area contributed by atoms with Gasteiger partial charge in [0, 0.05) is 37.1 Å². The largest absolute Gasteiger partial charge is 0.497 e. The van der Waals surface area contributed by atoms with E-state index < -0.39 is 0 Å². The van der Waals surface area contributed by atoms with Crippen molar-refractivity contribution in [2.75, 3.05) is 40.3 Å². The second-order valence-corrected chi connectivity index (χ2v) is 7.73. The van der Waals surface area contributed by atoms with Crippen molar-refractivity contribution in [2.24, 2.45) is 0 Å². The SMILES string of the molecule is CCN(CC)CCCN(C)C(=O)Cn1ncc(-c2ccncc2)c1-c1cccc(OC)c1. The number of rotatable bonds is 11. The minimum Gasteiger partial charge on any atom is -0.497 e. The highest BCUT2D eigenvalue weighted by Gasteiger charge is 2.19. The van der Waals surface area contributed by atoms with Crippen molar-refractivity contribution >= 4 is 5.91 Å². The van der Waals surface area contributed by atoms with Gasteiger partial charge < -0.3 is 14.5 Å². The molecular weight excluding hydrogens is 402 g/mol. The molecule has 0 aliphatic heterocycles. The number of carbonyl (C=O) groups is 1. The van der Waals surface area contributed by atoms with Crippen LogP contribution < -0.4 is 4.74 Å². The molecule has 0 atom stereocenters. The van der Waals surface area contributed by atoms with Gasteiger partial charge in [0.2, 0.25) is 5.91 Å². The molecule has 7 heteroatoms. The molecule has 0 radical (unpaired) electrons. The second kappa shape index (κ2) is 11.4. The maximum Gasteiger partial charge on any atom is 0.244 e. The van der Waals surface area contributed by atoms with Gasteiger partial charge in [-0.15, -0.1) is 0 Å². The quantitative estimate of drug-likeness (QED) is 0.458. The lowest BCUT2D eigenvalue weighted by molar-refractivity contribution is -0.130. The molecule has 0 aliphatic rings. The number of amides is 1. The second-order valence-electron chi connectivity index (χ2n) is 7.73. The van der Waals surface area contributed by atoms with Gasteiger partial charge >= 0.3 is 0 Å². The van der Waals surface area contributed by atoms with E-state index >= 15 is 0 Å². The Kier molecular flexibility index (Phi) is 8.39. The van der Waals surface area contributed by atoms with Gasteiger partial charge in [-0.3, -0.25) is 14.5 Å². The highest BCUT2D eigenvalue weighted by molar-refractivity contribution is 5.83. The third-order valence-corrected chi connectivity index (χ3v) is 5.75. The summed E-state index contributed by atoms with van der Waals surface area (Å²) >= 11 is 0. The Morgan fingerprint density at radius 1 is 1.06 bits per heavy atom. The molecule has 2 aromatic heterocycles. The molecule has 0 aliphatic carbocycles. The topological polar surface area (TPSA) is 63.5 Å². The van der Waals surface area contributed by atoms with Crippen LogP contribution in [0, 0.1) is 0 Å². The first-order chi connectivity index (χ1) is 15.6. The molecule has 32 heavy (non-hydrogen) atoms. The Balaban J connectivity index is 1.83. The Morgan fingerprint density at radius 2 is 1.81 bits per heavy atom. The van der Waals surface area contributed by atoms with E-state index in [9.17, 15) is 4.79 Å². The summed E-state index contributed by atoms with van der Waals surface area (Å²) in [4.78, 5) is 21.3. The zero-order valence-corrected chi connectivity index (χ0v) is 19.5. The summed E-state index contributed by atoms with van der Waals surface area (Å²) in [5, 5.41) is 4.58. The monoisotopic (exact) mass is 435 g/mol.